The van der Waals surface area contributed by atoms with Gasteiger partial charge in [-0.25, -0.2) is 4.39 Å². The van der Waals surface area contributed by atoms with Crippen LogP contribution in [0.15, 0.2) is 24.5 Å². The lowest BCUT2D eigenvalue weighted by Gasteiger charge is -2.11. The molecule has 0 spiro atoms. The molecule has 1 aromatic heterocycles. The van der Waals surface area contributed by atoms with Crippen molar-refractivity contribution in [1.29, 1.82) is 0 Å². The highest BCUT2D eigenvalue weighted by molar-refractivity contribution is 5.74. The van der Waals surface area contributed by atoms with Gasteiger partial charge in [-0.15, -0.1) is 0 Å². The Morgan fingerprint density at radius 1 is 1.26 bits per heavy atom. The standard InChI is InChI=1S/C14H14FN3O/c1-19-14-10(4-9(15)5-11(14)16)13-7-17-12(6-18-13)8-2-3-8/h4-8H,2-3,16H2,1H3. The van der Waals surface area contributed by atoms with Crippen molar-refractivity contribution in [3.05, 3.63) is 36.0 Å². The normalized spacial score (nSPS) is 14.4. The molecule has 0 amide bonds. The van der Waals surface area contributed by atoms with Crippen LogP contribution < -0.4 is 10.5 Å². The summed E-state index contributed by atoms with van der Waals surface area (Å²) in [5.74, 6) is 0.553. The molecule has 4 nitrogen and oxygen atoms in total. The van der Waals surface area contributed by atoms with Crippen LogP contribution in [0.4, 0.5) is 10.1 Å². The van der Waals surface area contributed by atoms with Crippen LogP contribution in [0.2, 0.25) is 0 Å². The minimum Gasteiger partial charge on any atom is -0.494 e. The molecule has 3 rings (SSSR count). The zero-order chi connectivity index (χ0) is 13.4. The first-order valence-electron chi connectivity index (χ1n) is 6.14. The third-order valence-electron chi connectivity index (χ3n) is 3.23. The van der Waals surface area contributed by atoms with Crippen molar-refractivity contribution in [3.8, 4) is 17.0 Å². The molecule has 1 aliphatic rings. The molecule has 1 aliphatic carbocycles. The Bertz CT molecular complexity index is 609. The fraction of sp³-hybridized carbons (Fsp3) is 0.286. The molecule has 0 saturated heterocycles. The Morgan fingerprint density at radius 3 is 2.63 bits per heavy atom. The second-order valence-electron chi connectivity index (χ2n) is 4.68. The number of hydrogen-bond donors (Lipinski definition) is 1. The number of nitrogen functional groups attached to an aromatic ring is 1. The van der Waals surface area contributed by atoms with Crippen molar-refractivity contribution in [1.82, 2.24) is 9.97 Å². The summed E-state index contributed by atoms with van der Waals surface area (Å²) in [6.07, 6.45) is 5.73. The molecule has 1 saturated carbocycles. The zero-order valence-corrected chi connectivity index (χ0v) is 10.6. The van der Waals surface area contributed by atoms with Crippen LogP contribution in [0.5, 0.6) is 5.75 Å². The second-order valence-corrected chi connectivity index (χ2v) is 4.68. The van der Waals surface area contributed by atoms with Crippen LogP contribution in [0.1, 0.15) is 24.5 Å². The van der Waals surface area contributed by atoms with Crippen molar-refractivity contribution in [2.24, 2.45) is 0 Å². The van der Waals surface area contributed by atoms with Crippen LogP contribution in [-0.4, -0.2) is 17.1 Å². The van der Waals surface area contributed by atoms with Crippen LogP contribution in [-0.2, 0) is 0 Å². The third-order valence-corrected chi connectivity index (χ3v) is 3.23. The maximum Gasteiger partial charge on any atom is 0.151 e. The average molecular weight is 259 g/mol. The highest BCUT2D eigenvalue weighted by Crippen LogP contribution is 2.39. The molecular weight excluding hydrogens is 245 g/mol. The molecule has 0 aliphatic heterocycles. The van der Waals surface area contributed by atoms with E-state index in [1.807, 2.05) is 0 Å². The predicted molar refractivity (Wildman–Crippen MR) is 70.4 cm³/mol. The minimum atomic E-state index is -0.415. The molecule has 0 radical (unpaired) electrons. The van der Waals surface area contributed by atoms with Crippen LogP contribution in [0, 0.1) is 5.82 Å². The minimum absolute atomic E-state index is 0.255. The van der Waals surface area contributed by atoms with Crippen LogP contribution in [0.3, 0.4) is 0 Å². The first-order chi connectivity index (χ1) is 9.19. The molecule has 0 bridgehead atoms. The van der Waals surface area contributed by atoms with Gasteiger partial charge in [0.2, 0.25) is 0 Å². The molecule has 1 fully saturated rings. The Morgan fingerprint density at radius 2 is 2.05 bits per heavy atom. The molecule has 98 valence electrons. The van der Waals surface area contributed by atoms with Gasteiger partial charge in [-0.1, -0.05) is 0 Å². The summed E-state index contributed by atoms with van der Waals surface area (Å²) in [5.41, 5.74) is 8.08. The van der Waals surface area contributed by atoms with Gasteiger partial charge in [0.15, 0.2) is 5.75 Å². The molecule has 0 unspecified atom stereocenters. The molecule has 2 N–H and O–H groups in total. The van der Waals surface area contributed by atoms with Gasteiger partial charge < -0.3 is 10.5 Å². The largest absolute Gasteiger partial charge is 0.494 e. The van der Waals surface area contributed by atoms with E-state index in [1.54, 1.807) is 12.4 Å². The summed E-state index contributed by atoms with van der Waals surface area (Å²) in [6.45, 7) is 0. The van der Waals surface area contributed by atoms with E-state index < -0.39 is 5.82 Å². The number of ether oxygens (including phenoxy) is 1. The number of nitrogens with two attached hydrogens (primary N) is 1. The monoisotopic (exact) mass is 259 g/mol. The van der Waals surface area contributed by atoms with Crippen molar-refractivity contribution >= 4 is 5.69 Å². The summed E-state index contributed by atoms with van der Waals surface area (Å²) >= 11 is 0. The van der Waals surface area contributed by atoms with Crippen LogP contribution in [0.25, 0.3) is 11.3 Å². The average Bonchev–Trinajstić information content (AvgIpc) is 3.22. The number of methoxy groups -OCH3 is 1. The van der Waals surface area contributed by atoms with Gasteiger partial charge in [-0.2, -0.15) is 0 Å². The van der Waals surface area contributed by atoms with E-state index in [0.29, 0.717) is 22.9 Å². The van der Waals surface area contributed by atoms with Gasteiger partial charge >= 0.3 is 0 Å². The van der Waals surface area contributed by atoms with Gasteiger partial charge in [-0.05, 0) is 18.9 Å². The lowest BCUT2D eigenvalue weighted by Crippen LogP contribution is -1.98. The number of aromatic nitrogens is 2. The van der Waals surface area contributed by atoms with Crippen molar-refractivity contribution < 1.29 is 9.13 Å². The number of nitrogens with zero attached hydrogens (tertiary/aromatic N) is 2. The number of rotatable bonds is 3. The van der Waals surface area contributed by atoms with E-state index in [1.165, 1.54) is 32.1 Å². The SMILES string of the molecule is COc1c(N)cc(F)cc1-c1cnc(C2CC2)cn1. The molecule has 1 aromatic carbocycles. The molecule has 1 heterocycles. The first kappa shape index (κ1) is 11.9. The number of hydrogen-bond acceptors (Lipinski definition) is 4. The molecule has 0 atom stereocenters. The summed E-state index contributed by atoms with van der Waals surface area (Å²) in [7, 11) is 1.50. The molecule has 2 aromatic rings. The first-order valence-corrected chi connectivity index (χ1v) is 6.14. The maximum atomic E-state index is 13.5. The van der Waals surface area contributed by atoms with Gasteiger partial charge in [0.05, 0.1) is 30.4 Å². The Kier molecular flexibility index (Phi) is 2.81. The molecular formula is C14H14FN3O. The van der Waals surface area contributed by atoms with E-state index in [4.69, 9.17) is 10.5 Å². The molecule has 5 heteroatoms. The Hall–Kier alpha value is -2.17. The zero-order valence-electron chi connectivity index (χ0n) is 10.6. The number of benzene rings is 1. The smallest absolute Gasteiger partial charge is 0.151 e. The van der Waals surface area contributed by atoms with Crippen LogP contribution >= 0.6 is 0 Å². The summed E-state index contributed by atoms with van der Waals surface area (Å²) in [4.78, 5) is 8.71. The Balaban J connectivity index is 2.04. The number of halogens is 1. The van der Waals surface area contributed by atoms with Crippen molar-refractivity contribution in [2.45, 2.75) is 18.8 Å². The van der Waals surface area contributed by atoms with E-state index in [2.05, 4.69) is 9.97 Å². The number of anilines is 1. The quantitative estimate of drug-likeness (QED) is 0.861. The van der Waals surface area contributed by atoms with Crippen molar-refractivity contribution in [2.75, 3.05) is 12.8 Å². The van der Waals surface area contributed by atoms with E-state index >= 15 is 0 Å². The lowest BCUT2D eigenvalue weighted by atomic mass is 10.1. The highest BCUT2D eigenvalue weighted by Gasteiger charge is 2.25. The summed E-state index contributed by atoms with van der Waals surface area (Å²) in [6, 6.07) is 2.59. The van der Waals surface area contributed by atoms with Crippen molar-refractivity contribution in [3.63, 3.8) is 0 Å². The fourth-order valence-corrected chi connectivity index (χ4v) is 2.10. The van der Waals surface area contributed by atoms with E-state index in [9.17, 15) is 4.39 Å². The predicted octanol–water partition coefficient (Wildman–Crippen LogP) is 2.75. The summed E-state index contributed by atoms with van der Waals surface area (Å²) < 4.78 is 18.7. The second kappa shape index (κ2) is 4.50. The van der Waals surface area contributed by atoms with Gasteiger partial charge in [0.25, 0.3) is 0 Å². The van der Waals surface area contributed by atoms with E-state index in [-0.39, 0.29) is 5.69 Å². The highest BCUT2D eigenvalue weighted by atomic mass is 19.1. The van der Waals surface area contributed by atoms with Gasteiger partial charge in [0.1, 0.15) is 5.82 Å². The topological polar surface area (TPSA) is 61.0 Å². The van der Waals surface area contributed by atoms with Gasteiger partial charge in [-0.3, -0.25) is 9.97 Å². The Labute approximate surface area is 110 Å². The fourth-order valence-electron chi connectivity index (χ4n) is 2.10. The van der Waals surface area contributed by atoms with Gasteiger partial charge in [0, 0.05) is 23.7 Å². The third kappa shape index (κ3) is 2.23. The molecule has 19 heavy (non-hydrogen) atoms. The summed E-state index contributed by atoms with van der Waals surface area (Å²) in [5, 5.41) is 0. The van der Waals surface area contributed by atoms with E-state index in [0.717, 1.165) is 5.69 Å². The maximum absolute atomic E-state index is 13.5. The lowest BCUT2D eigenvalue weighted by molar-refractivity contribution is 0.417.